The van der Waals surface area contributed by atoms with Crippen molar-refractivity contribution in [2.45, 2.75) is 49.7 Å². The molecule has 0 saturated carbocycles. The van der Waals surface area contributed by atoms with E-state index in [1.54, 1.807) is 10.9 Å². The van der Waals surface area contributed by atoms with Gasteiger partial charge < -0.3 is 0 Å². The zero-order chi connectivity index (χ0) is 16.4. The molecule has 6 heteroatoms. The van der Waals surface area contributed by atoms with E-state index in [1.165, 1.54) is 0 Å². The van der Waals surface area contributed by atoms with Gasteiger partial charge in [0.25, 0.3) is 0 Å². The van der Waals surface area contributed by atoms with Crippen LogP contribution in [0.2, 0.25) is 3.43 Å². The van der Waals surface area contributed by atoms with Gasteiger partial charge in [-0.3, -0.25) is 0 Å². The molecule has 1 atom stereocenters. The quantitative estimate of drug-likeness (QED) is 0.563. The second kappa shape index (κ2) is 6.89. The van der Waals surface area contributed by atoms with Crippen LogP contribution in [0.5, 0.6) is 0 Å². The van der Waals surface area contributed by atoms with Crippen molar-refractivity contribution in [3.05, 3.63) is 30.5 Å². The summed E-state index contributed by atoms with van der Waals surface area (Å²) in [7, 11) is 0. The molecule has 2 radical (unpaired) electrons. The van der Waals surface area contributed by atoms with Gasteiger partial charge in [-0.05, 0) is 0 Å². The summed E-state index contributed by atoms with van der Waals surface area (Å²) in [5.74, 6) is -0.392. The SMILES string of the molecule is C[C](C)(C)[Sn][c]1ccc(-c2cnn(C3CCCCO3)c2)c(F)n1. The maximum absolute atomic E-state index is 14.4. The average Bonchev–Trinajstić information content (AvgIpc) is 2.96. The van der Waals surface area contributed by atoms with Crippen molar-refractivity contribution < 1.29 is 9.13 Å². The molecule has 4 nitrogen and oxygen atoms in total. The fourth-order valence-electron chi connectivity index (χ4n) is 2.67. The monoisotopic (exact) mass is 423 g/mol. The van der Waals surface area contributed by atoms with E-state index in [4.69, 9.17) is 4.74 Å². The molecule has 0 amide bonds. The first kappa shape index (κ1) is 16.9. The summed E-state index contributed by atoms with van der Waals surface area (Å²) in [5, 5.41) is 4.35. The Labute approximate surface area is 146 Å². The summed E-state index contributed by atoms with van der Waals surface area (Å²) in [6, 6.07) is 3.82. The van der Waals surface area contributed by atoms with Gasteiger partial charge in [-0.1, -0.05) is 0 Å². The zero-order valence-electron chi connectivity index (χ0n) is 13.8. The van der Waals surface area contributed by atoms with Crippen molar-refractivity contribution >= 4 is 24.9 Å². The van der Waals surface area contributed by atoms with E-state index in [-0.39, 0.29) is 9.66 Å². The van der Waals surface area contributed by atoms with Gasteiger partial charge in [-0.25, -0.2) is 0 Å². The van der Waals surface area contributed by atoms with Crippen molar-refractivity contribution in [2.75, 3.05) is 6.61 Å². The fraction of sp³-hybridized carbons (Fsp3) is 0.529. The molecule has 0 aromatic carbocycles. The van der Waals surface area contributed by atoms with Gasteiger partial charge >= 0.3 is 147 Å². The third-order valence-electron chi connectivity index (χ3n) is 3.72. The second-order valence-electron chi connectivity index (χ2n) is 6.94. The second-order valence-corrected chi connectivity index (χ2v) is 13.4. The molecule has 3 rings (SSSR count). The van der Waals surface area contributed by atoms with Crippen LogP contribution in [-0.2, 0) is 4.74 Å². The number of nitrogens with zero attached hydrogens (tertiary/aromatic N) is 3. The van der Waals surface area contributed by atoms with E-state index in [0.29, 0.717) is 5.56 Å². The Morgan fingerprint density at radius 3 is 2.78 bits per heavy atom. The van der Waals surface area contributed by atoms with Crippen LogP contribution in [0.25, 0.3) is 11.1 Å². The summed E-state index contributed by atoms with van der Waals surface area (Å²) in [4.78, 5) is 4.20. The van der Waals surface area contributed by atoms with E-state index >= 15 is 0 Å². The first-order valence-electron chi connectivity index (χ1n) is 8.03. The van der Waals surface area contributed by atoms with E-state index in [1.807, 2.05) is 18.3 Å². The van der Waals surface area contributed by atoms with Gasteiger partial charge in [0.05, 0.1) is 0 Å². The van der Waals surface area contributed by atoms with E-state index in [9.17, 15) is 4.39 Å². The maximum atomic E-state index is 14.4. The normalized spacial score (nSPS) is 19.0. The third kappa shape index (κ3) is 4.32. The predicted octanol–water partition coefficient (Wildman–Crippen LogP) is 3.33. The van der Waals surface area contributed by atoms with Crippen LogP contribution >= 0.6 is 0 Å². The van der Waals surface area contributed by atoms with Crippen LogP contribution in [0.1, 0.15) is 46.3 Å². The minimum atomic E-state index is -0.894. The molecule has 1 aliphatic rings. The molecule has 0 spiro atoms. The zero-order valence-corrected chi connectivity index (χ0v) is 16.7. The molecule has 1 saturated heterocycles. The Bertz CT molecular complexity index is 675. The van der Waals surface area contributed by atoms with E-state index in [0.717, 1.165) is 35.1 Å². The fourth-order valence-corrected chi connectivity index (χ4v) is 5.78. The van der Waals surface area contributed by atoms with Gasteiger partial charge in [0.1, 0.15) is 0 Å². The molecule has 0 bridgehead atoms. The van der Waals surface area contributed by atoms with E-state index < -0.39 is 27.1 Å². The summed E-state index contributed by atoms with van der Waals surface area (Å²) in [5.41, 5.74) is 1.28. The molecule has 0 N–H and O–H groups in total. The molecule has 0 aliphatic carbocycles. The molecule has 1 fully saturated rings. The number of ether oxygens (including phenoxy) is 1. The first-order chi connectivity index (χ1) is 10.9. The molecular weight excluding hydrogens is 400 g/mol. The molecule has 122 valence electrons. The first-order valence-corrected chi connectivity index (χ1v) is 10.9. The van der Waals surface area contributed by atoms with Gasteiger partial charge in [-0.2, -0.15) is 0 Å². The van der Waals surface area contributed by atoms with Crippen molar-refractivity contribution in [1.82, 2.24) is 14.8 Å². The van der Waals surface area contributed by atoms with Gasteiger partial charge in [0.2, 0.25) is 0 Å². The molecule has 2 aromatic rings. The number of pyridine rings is 1. The summed E-state index contributed by atoms with van der Waals surface area (Å²) in [6.45, 7) is 7.35. The van der Waals surface area contributed by atoms with Crippen molar-refractivity contribution in [1.29, 1.82) is 0 Å². The molecular formula is C17H22FN3OSn. The number of halogens is 1. The Balaban J connectivity index is 1.80. The molecule has 23 heavy (non-hydrogen) atoms. The standard InChI is InChI=1S/C13H13FN3O.C4H9.Sn/c14-13-11(4-3-6-15-13)10-8-16-17(9-10)12-5-1-2-7-18-12;1-4(2)3;/h3-4,8-9,12H,1-2,5,7H2;1-3H3;. The molecule has 3 heterocycles. The van der Waals surface area contributed by atoms with Crippen LogP contribution in [-0.4, -0.2) is 42.5 Å². The summed E-state index contributed by atoms with van der Waals surface area (Å²) < 4.78 is 23.1. The third-order valence-corrected chi connectivity index (χ3v) is 7.38. The van der Waals surface area contributed by atoms with Crippen molar-refractivity contribution in [2.24, 2.45) is 0 Å². The van der Waals surface area contributed by atoms with Crippen molar-refractivity contribution in [3.63, 3.8) is 0 Å². The number of rotatable bonds is 3. The van der Waals surface area contributed by atoms with Crippen LogP contribution in [0, 0.1) is 5.95 Å². The Morgan fingerprint density at radius 2 is 2.13 bits per heavy atom. The average molecular weight is 422 g/mol. The topological polar surface area (TPSA) is 39.9 Å². The van der Waals surface area contributed by atoms with Crippen LogP contribution in [0.3, 0.4) is 0 Å². The number of aromatic nitrogens is 3. The van der Waals surface area contributed by atoms with Gasteiger partial charge in [0, 0.05) is 0 Å². The van der Waals surface area contributed by atoms with Crippen LogP contribution < -0.4 is 3.71 Å². The van der Waals surface area contributed by atoms with Gasteiger partial charge in [0.15, 0.2) is 0 Å². The van der Waals surface area contributed by atoms with Crippen molar-refractivity contribution in [3.8, 4) is 11.1 Å². The number of hydrogen-bond donors (Lipinski definition) is 0. The predicted molar refractivity (Wildman–Crippen MR) is 89.4 cm³/mol. The summed E-state index contributed by atoms with van der Waals surface area (Å²) >= 11 is -0.894. The Kier molecular flexibility index (Phi) is 5.06. The Hall–Kier alpha value is -0.951. The Morgan fingerprint density at radius 1 is 1.30 bits per heavy atom. The molecule has 2 aromatic heterocycles. The molecule has 1 unspecified atom stereocenters. The summed E-state index contributed by atoms with van der Waals surface area (Å²) in [6.07, 6.45) is 6.73. The van der Waals surface area contributed by atoms with E-state index in [2.05, 4.69) is 30.9 Å². The van der Waals surface area contributed by atoms with Crippen LogP contribution in [0.15, 0.2) is 24.5 Å². The van der Waals surface area contributed by atoms with Gasteiger partial charge in [-0.15, -0.1) is 0 Å². The minimum absolute atomic E-state index is 0.0252. The molecule has 1 aliphatic heterocycles. The van der Waals surface area contributed by atoms with Crippen LogP contribution in [0.4, 0.5) is 4.39 Å². The number of hydrogen-bond acceptors (Lipinski definition) is 3.